The quantitative estimate of drug-likeness (QED) is 0.233. The van der Waals surface area contributed by atoms with Gasteiger partial charge in [-0.1, -0.05) is 28.1 Å². The third-order valence-corrected chi connectivity index (χ3v) is 6.93. The Kier molecular flexibility index (Phi) is 7.63. The molecule has 0 radical (unpaired) electrons. The van der Waals surface area contributed by atoms with E-state index in [-0.39, 0.29) is 17.8 Å². The van der Waals surface area contributed by atoms with E-state index in [0.29, 0.717) is 18.7 Å². The highest BCUT2D eigenvalue weighted by Crippen LogP contribution is 2.37. The molecule has 8 heteroatoms. The third kappa shape index (κ3) is 5.66. The summed E-state index contributed by atoms with van der Waals surface area (Å²) in [6.45, 7) is 6.23. The fourth-order valence-electron chi connectivity index (χ4n) is 4.53. The van der Waals surface area contributed by atoms with Crippen LogP contribution in [-0.2, 0) is 16.0 Å². The molecule has 0 saturated carbocycles. The van der Waals surface area contributed by atoms with Crippen LogP contribution in [0, 0.1) is 5.82 Å². The average Bonchev–Trinajstić information content (AvgIpc) is 3.45. The number of hydrogen-bond acceptors (Lipinski definition) is 4. The van der Waals surface area contributed by atoms with E-state index in [2.05, 4.69) is 15.9 Å². The number of hydrogen-bond donors (Lipinski definition) is 0. The van der Waals surface area contributed by atoms with Gasteiger partial charge in [0.15, 0.2) is 6.23 Å². The van der Waals surface area contributed by atoms with Crippen LogP contribution in [0.5, 0.6) is 5.75 Å². The van der Waals surface area contributed by atoms with Gasteiger partial charge in [0, 0.05) is 28.3 Å². The molecule has 5 rings (SSSR count). The van der Waals surface area contributed by atoms with Gasteiger partial charge < -0.3 is 14.4 Å². The summed E-state index contributed by atoms with van der Waals surface area (Å²) in [4.78, 5) is 15.0. The van der Waals surface area contributed by atoms with Crippen molar-refractivity contribution < 1.29 is 18.7 Å². The molecule has 0 N–H and O–H groups in total. The summed E-state index contributed by atoms with van der Waals surface area (Å²) in [7, 11) is 0. The number of ether oxygens (including phenoxy) is 2. The van der Waals surface area contributed by atoms with Gasteiger partial charge in [-0.2, -0.15) is 5.10 Å². The fourth-order valence-corrected chi connectivity index (χ4v) is 4.79. The molecule has 1 aliphatic heterocycles. The molecule has 1 saturated heterocycles. The first-order chi connectivity index (χ1) is 18.3. The minimum atomic E-state index is -0.620. The van der Waals surface area contributed by atoms with E-state index in [1.165, 1.54) is 12.1 Å². The molecule has 1 fully saturated rings. The fraction of sp³-hybridized carbons (Fsp3) is 0.267. The zero-order valence-electron chi connectivity index (χ0n) is 21.5. The Morgan fingerprint density at radius 2 is 1.71 bits per heavy atom. The molecule has 0 aliphatic carbocycles. The highest BCUT2D eigenvalue weighted by Gasteiger charge is 2.40. The molecule has 2 atom stereocenters. The summed E-state index contributed by atoms with van der Waals surface area (Å²) in [5.41, 5.74) is 4.08. The van der Waals surface area contributed by atoms with E-state index in [0.717, 1.165) is 32.6 Å². The number of halogens is 2. The lowest BCUT2D eigenvalue weighted by Gasteiger charge is -2.23. The zero-order chi connectivity index (χ0) is 26.8. The largest absolute Gasteiger partial charge is 0.491 e. The van der Waals surface area contributed by atoms with Crippen molar-refractivity contribution in [3.05, 3.63) is 100 Å². The summed E-state index contributed by atoms with van der Waals surface area (Å²) < 4.78 is 28.4. The average molecular weight is 578 g/mol. The van der Waals surface area contributed by atoms with Crippen molar-refractivity contribution >= 4 is 21.8 Å². The van der Waals surface area contributed by atoms with Crippen LogP contribution in [-0.4, -0.2) is 39.3 Å². The molecule has 6 nitrogen and oxygen atoms in total. The minimum Gasteiger partial charge on any atom is -0.491 e. The van der Waals surface area contributed by atoms with Gasteiger partial charge in [-0.15, -0.1) is 0 Å². The van der Waals surface area contributed by atoms with Gasteiger partial charge in [0.25, 0.3) is 5.91 Å². The van der Waals surface area contributed by atoms with Gasteiger partial charge in [-0.3, -0.25) is 4.79 Å². The molecular formula is C30H29BrFN3O3. The van der Waals surface area contributed by atoms with Gasteiger partial charge in [0.05, 0.1) is 11.8 Å². The lowest BCUT2D eigenvalue weighted by atomic mass is 10.1. The summed E-state index contributed by atoms with van der Waals surface area (Å²) in [6.07, 6.45) is 1.45. The van der Waals surface area contributed by atoms with Crippen LogP contribution < -0.4 is 4.74 Å². The number of nitrogens with zero attached hydrogens (tertiary/aromatic N) is 3. The van der Waals surface area contributed by atoms with E-state index in [4.69, 9.17) is 14.6 Å². The smallest absolute Gasteiger partial charge is 0.253 e. The molecule has 4 aromatic rings. The summed E-state index contributed by atoms with van der Waals surface area (Å²) >= 11 is 3.47. The van der Waals surface area contributed by atoms with Gasteiger partial charge in [0.2, 0.25) is 0 Å². The predicted molar refractivity (Wildman–Crippen MR) is 148 cm³/mol. The number of amides is 1. The van der Waals surface area contributed by atoms with E-state index in [1.807, 2.05) is 68.6 Å². The van der Waals surface area contributed by atoms with Gasteiger partial charge in [0.1, 0.15) is 23.4 Å². The first kappa shape index (κ1) is 26.1. The normalized spacial score (nSPS) is 17.4. The number of rotatable bonds is 8. The second-order valence-corrected chi connectivity index (χ2v) is 10.5. The minimum absolute atomic E-state index is 0.0730. The van der Waals surface area contributed by atoms with E-state index >= 15 is 0 Å². The Bertz CT molecular complexity index is 1400. The van der Waals surface area contributed by atoms with Gasteiger partial charge >= 0.3 is 0 Å². The lowest BCUT2D eigenvalue weighted by molar-refractivity contribution is -0.130. The first-order valence-electron chi connectivity index (χ1n) is 12.6. The predicted octanol–water partition coefficient (Wildman–Crippen LogP) is 6.72. The molecule has 2 heterocycles. The molecule has 0 bridgehead atoms. The number of aromatic nitrogens is 2. The Morgan fingerprint density at radius 1 is 1.03 bits per heavy atom. The molecule has 3 aromatic carbocycles. The maximum atomic E-state index is 13.7. The van der Waals surface area contributed by atoms with Crippen molar-refractivity contribution in [1.29, 1.82) is 0 Å². The van der Waals surface area contributed by atoms with Crippen molar-refractivity contribution in [2.45, 2.75) is 45.6 Å². The molecule has 1 amide bonds. The van der Waals surface area contributed by atoms with Crippen molar-refractivity contribution in [1.82, 2.24) is 14.7 Å². The SMILES string of the molecule is CC(C)Oc1ccc(CCN2C(=O)[C@H](C)O[C@H]2c2cn(-c3ccc(Br)cc3)nc2-c2ccc(F)cc2)cc1. The second kappa shape index (κ2) is 11.1. The van der Waals surface area contributed by atoms with Crippen LogP contribution in [0.1, 0.15) is 38.1 Å². The van der Waals surface area contributed by atoms with E-state index in [9.17, 15) is 9.18 Å². The van der Waals surface area contributed by atoms with Crippen LogP contribution in [0.2, 0.25) is 0 Å². The molecule has 1 aromatic heterocycles. The molecular weight excluding hydrogens is 549 g/mol. The highest BCUT2D eigenvalue weighted by molar-refractivity contribution is 9.10. The molecule has 0 unspecified atom stereocenters. The number of carbonyl (C=O) groups excluding carboxylic acids is 1. The van der Waals surface area contributed by atoms with Gasteiger partial charge in [-0.25, -0.2) is 9.07 Å². The zero-order valence-corrected chi connectivity index (χ0v) is 23.1. The lowest BCUT2D eigenvalue weighted by Crippen LogP contribution is -2.32. The summed E-state index contributed by atoms with van der Waals surface area (Å²) in [5.74, 6) is 0.423. The molecule has 38 heavy (non-hydrogen) atoms. The molecule has 0 spiro atoms. The monoisotopic (exact) mass is 577 g/mol. The van der Waals surface area contributed by atoms with Crippen LogP contribution in [0.4, 0.5) is 4.39 Å². The van der Waals surface area contributed by atoms with Gasteiger partial charge in [-0.05, 0) is 93.4 Å². The van der Waals surface area contributed by atoms with Crippen molar-refractivity contribution in [3.63, 3.8) is 0 Å². The Morgan fingerprint density at radius 3 is 2.37 bits per heavy atom. The Labute approximate surface area is 230 Å². The topological polar surface area (TPSA) is 56.6 Å². The van der Waals surface area contributed by atoms with Crippen LogP contribution in [0.3, 0.4) is 0 Å². The van der Waals surface area contributed by atoms with Crippen molar-refractivity contribution in [2.24, 2.45) is 0 Å². The van der Waals surface area contributed by atoms with E-state index in [1.54, 1.807) is 28.6 Å². The van der Waals surface area contributed by atoms with Crippen LogP contribution in [0.15, 0.2) is 83.5 Å². The van der Waals surface area contributed by atoms with Crippen LogP contribution in [0.25, 0.3) is 16.9 Å². The van der Waals surface area contributed by atoms with E-state index < -0.39 is 12.3 Å². The summed E-state index contributed by atoms with van der Waals surface area (Å²) in [6, 6.07) is 21.9. The molecule has 1 aliphatic rings. The Hall–Kier alpha value is -3.49. The third-order valence-electron chi connectivity index (χ3n) is 6.40. The van der Waals surface area contributed by atoms with Crippen molar-refractivity contribution in [3.8, 4) is 22.7 Å². The summed E-state index contributed by atoms with van der Waals surface area (Å²) in [5, 5.41) is 4.84. The highest BCUT2D eigenvalue weighted by atomic mass is 79.9. The Balaban J connectivity index is 1.46. The molecule has 196 valence electrons. The standard InChI is InChI=1S/C30H29BrFN3O3/c1-19(2)37-26-14-4-21(5-15-26)16-17-34-29(36)20(3)38-30(34)27-18-35(25-12-8-23(31)9-13-25)33-28(27)22-6-10-24(32)11-7-22/h4-15,18-20,30H,16-17H2,1-3H3/t20-,30-/m0/s1. The maximum absolute atomic E-state index is 13.7. The first-order valence-corrected chi connectivity index (χ1v) is 13.4. The van der Waals surface area contributed by atoms with Crippen molar-refractivity contribution in [2.75, 3.05) is 6.54 Å². The maximum Gasteiger partial charge on any atom is 0.253 e. The number of benzene rings is 3. The second-order valence-electron chi connectivity index (χ2n) is 9.58. The number of carbonyl (C=O) groups is 1. The van der Waals surface area contributed by atoms with Crippen LogP contribution >= 0.6 is 15.9 Å².